The van der Waals surface area contributed by atoms with Gasteiger partial charge in [-0.15, -0.1) is 0 Å². The van der Waals surface area contributed by atoms with E-state index in [9.17, 15) is 14.0 Å². The fourth-order valence-electron chi connectivity index (χ4n) is 1.58. The highest BCUT2D eigenvalue weighted by Gasteiger charge is 2.15. The zero-order valence-corrected chi connectivity index (χ0v) is 11.0. The van der Waals surface area contributed by atoms with Crippen molar-refractivity contribution >= 4 is 32.8 Å². The summed E-state index contributed by atoms with van der Waals surface area (Å²) in [5.74, 6) is -1.29. The Morgan fingerprint density at radius 2 is 2.22 bits per heavy atom. The number of benzene rings is 1. The van der Waals surface area contributed by atoms with Crippen LogP contribution in [0.15, 0.2) is 27.5 Å². The number of rotatable bonds is 2. The number of hydrogen-bond acceptors (Lipinski definition) is 3. The van der Waals surface area contributed by atoms with Gasteiger partial charge in [0.05, 0.1) is 16.6 Å². The molecule has 2 aromatic rings. The van der Waals surface area contributed by atoms with Gasteiger partial charge in [0.2, 0.25) is 0 Å². The first kappa shape index (κ1) is 12.8. The van der Waals surface area contributed by atoms with E-state index in [1.54, 1.807) is 13.0 Å². The third-order valence-electron chi connectivity index (χ3n) is 2.41. The first-order chi connectivity index (χ1) is 8.54. The minimum atomic E-state index is -0.719. The van der Waals surface area contributed by atoms with Gasteiger partial charge in [-0.3, -0.25) is 4.79 Å². The summed E-state index contributed by atoms with van der Waals surface area (Å²) in [5, 5.41) is 0.429. The second-order valence-corrected chi connectivity index (χ2v) is 4.41. The lowest BCUT2D eigenvalue weighted by molar-refractivity contribution is 0.0524. The number of H-pyrrole nitrogens is 1. The molecule has 2 rings (SSSR count). The highest BCUT2D eigenvalue weighted by molar-refractivity contribution is 9.10. The van der Waals surface area contributed by atoms with Crippen LogP contribution in [0.2, 0.25) is 0 Å². The van der Waals surface area contributed by atoms with Gasteiger partial charge in [0.25, 0.3) is 5.56 Å². The van der Waals surface area contributed by atoms with Gasteiger partial charge in [0.15, 0.2) is 5.82 Å². The Bertz CT molecular complexity index is 681. The molecule has 0 spiro atoms. The lowest BCUT2D eigenvalue weighted by Crippen LogP contribution is -2.19. The molecule has 0 saturated heterocycles. The van der Waals surface area contributed by atoms with Gasteiger partial charge < -0.3 is 9.72 Å². The Labute approximate surface area is 110 Å². The molecule has 0 bridgehead atoms. The summed E-state index contributed by atoms with van der Waals surface area (Å²) in [4.78, 5) is 25.5. The third-order valence-corrected chi connectivity index (χ3v) is 3.02. The predicted molar refractivity (Wildman–Crippen MR) is 68.2 cm³/mol. The van der Waals surface area contributed by atoms with Crippen LogP contribution in [-0.4, -0.2) is 17.6 Å². The van der Waals surface area contributed by atoms with E-state index in [4.69, 9.17) is 4.74 Å². The summed E-state index contributed by atoms with van der Waals surface area (Å²) in [6.07, 6.45) is 0. The number of esters is 1. The molecule has 0 aliphatic carbocycles. The summed E-state index contributed by atoms with van der Waals surface area (Å²) in [5.41, 5.74) is -0.744. The molecule has 1 aromatic heterocycles. The number of carbonyl (C=O) groups is 1. The minimum Gasteiger partial charge on any atom is -0.462 e. The Kier molecular flexibility index (Phi) is 3.47. The molecule has 0 aliphatic rings. The topological polar surface area (TPSA) is 59.2 Å². The van der Waals surface area contributed by atoms with Crippen LogP contribution in [-0.2, 0) is 4.74 Å². The van der Waals surface area contributed by atoms with Crippen LogP contribution in [0.5, 0.6) is 0 Å². The maximum absolute atomic E-state index is 13.7. The number of ether oxygens (including phenoxy) is 1. The molecule has 1 N–H and O–H groups in total. The molecule has 0 unspecified atom stereocenters. The molecule has 0 amide bonds. The fraction of sp³-hybridized carbons (Fsp3) is 0.167. The summed E-state index contributed by atoms with van der Waals surface area (Å²) in [6.45, 7) is 1.81. The Hall–Kier alpha value is -1.69. The van der Waals surface area contributed by atoms with Crippen LogP contribution in [0, 0.1) is 5.82 Å². The van der Waals surface area contributed by atoms with E-state index in [0.717, 1.165) is 0 Å². The number of pyridine rings is 1. The molecule has 0 fully saturated rings. The van der Waals surface area contributed by atoms with E-state index in [1.165, 1.54) is 12.1 Å². The van der Waals surface area contributed by atoms with Crippen LogP contribution in [0.25, 0.3) is 10.9 Å². The molecule has 0 aliphatic heterocycles. The lowest BCUT2D eigenvalue weighted by Gasteiger charge is -2.04. The average Bonchev–Trinajstić information content (AvgIpc) is 2.34. The molecule has 1 heterocycles. The summed E-state index contributed by atoms with van der Waals surface area (Å²) in [6, 6.07) is 4.42. The molecule has 6 heteroatoms. The molecule has 0 radical (unpaired) electrons. The molecule has 1 aromatic carbocycles. The second-order valence-electron chi connectivity index (χ2n) is 3.56. The van der Waals surface area contributed by atoms with Crippen molar-refractivity contribution in [2.24, 2.45) is 0 Å². The molecule has 0 saturated carbocycles. The highest BCUT2D eigenvalue weighted by atomic mass is 79.9. The largest absolute Gasteiger partial charge is 0.462 e. The summed E-state index contributed by atoms with van der Waals surface area (Å²) >= 11 is 3.02. The highest BCUT2D eigenvalue weighted by Crippen LogP contribution is 2.22. The second kappa shape index (κ2) is 4.89. The summed E-state index contributed by atoms with van der Waals surface area (Å²) in [7, 11) is 0. The van der Waals surface area contributed by atoms with Crippen molar-refractivity contribution in [1.29, 1.82) is 0 Å². The van der Waals surface area contributed by atoms with Crippen LogP contribution in [0.4, 0.5) is 4.39 Å². The standard InChI is InChI=1S/C12H9BrFNO3/c1-2-18-12(17)7-5-6-3-4-8(13)9(14)10(6)15-11(7)16/h3-5H,2H2,1H3,(H,15,16). The molecule has 4 nitrogen and oxygen atoms in total. The predicted octanol–water partition coefficient (Wildman–Crippen LogP) is 2.61. The maximum atomic E-state index is 13.7. The molecular formula is C12H9BrFNO3. The van der Waals surface area contributed by atoms with Gasteiger partial charge in [0, 0.05) is 5.39 Å². The number of halogens is 2. The van der Waals surface area contributed by atoms with Gasteiger partial charge in [-0.1, -0.05) is 6.07 Å². The van der Waals surface area contributed by atoms with Crippen molar-refractivity contribution in [1.82, 2.24) is 4.98 Å². The van der Waals surface area contributed by atoms with Crippen LogP contribution in [0.3, 0.4) is 0 Å². The van der Waals surface area contributed by atoms with E-state index < -0.39 is 17.3 Å². The van der Waals surface area contributed by atoms with Gasteiger partial charge in [-0.05, 0) is 35.0 Å². The summed E-state index contributed by atoms with van der Waals surface area (Å²) < 4.78 is 18.7. The number of carbonyl (C=O) groups excluding carboxylic acids is 1. The first-order valence-electron chi connectivity index (χ1n) is 5.22. The van der Waals surface area contributed by atoms with Crippen molar-refractivity contribution in [3.05, 3.63) is 44.4 Å². The first-order valence-corrected chi connectivity index (χ1v) is 6.02. The van der Waals surface area contributed by atoms with E-state index in [0.29, 0.717) is 5.39 Å². The van der Waals surface area contributed by atoms with Gasteiger partial charge in [-0.25, -0.2) is 9.18 Å². The fourth-order valence-corrected chi connectivity index (χ4v) is 1.91. The quantitative estimate of drug-likeness (QED) is 0.867. The number of fused-ring (bicyclic) bond motifs is 1. The molecule has 0 atom stereocenters. The van der Waals surface area contributed by atoms with Crippen molar-refractivity contribution in [2.45, 2.75) is 6.92 Å². The van der Waals surface area contributed by atoms with Crippen molar-refractivity contribution < 1.29 is 13.9 Å². The molecule has 94 valence electrons. The van der Waals surface area contributed by atoms with Crippen LogP contribution in [0.1, 0.15) is 17.3 Å². The van der Waals surface area contributed by atoms with Crippen LogP contribution < -0.4 is 5.56 Å². The van der Waals surface area contributed by atoms with Gasteiger partial charge in [-0.2, -0.15) is 0 Å². The number of hydrogen-bond donors (Lipinski definition) is 1. The maximum Gasteiger partial charge on any atom is 0.343 e. The van der Waals surface area contributed by atoms with Crippen molar-refractivity contribution in [3.8, 4) is 0 Å². The monoisotopic (exact) mass is 313 g/mol. The van der Waals surface area contributed by atoms with Crippen molar-refractivity contribution in [3.63, 3.8) is 0 Å². The molecular weight excluding hydrogens is 305 g/mol. The normalized spacial score (nSPS) is 10.6. The van der Waals surface area contributed by atoms with Crippen molar-refractivity contribution in [2.75, 3.05) is 6.61 Å². The number of aromatic nitrogens is 1. The minimum absolute atomic E-state index is 0.0578. The average molecular weight is 314 g/mol. The zero-order chi connectivity index (χ0) is 13.3. The SMILES string of the molecule is CCOC(=O)c1cc2ccc(Br)c(F)c2[nH]c1=O. The van der Waals surface area contributed by atoms with E-state index in [1.807, 2.05) is 0 Å². The van der Waals surface area contributed by atoms with E-state index >= 15 is 0 Å². The number of nitrogens with one attached hydrogen (secondary N) is 1. The lowest BCUT2D eigenvalue weighted by atomic mass is 10.1. The Morgan fingerprint density at radius 3 is 2.89 bits per heavy atom. The number of aromatic amines is 1. The zero-order valence-electron chi connectivity index (χ0n) is 9.42. The van der Waals surface area contributed by atoms with E-state index in [-0.39, 0.29) is 22.2 Å². The van der Waals surface area contributed by atoms with Gasteiger partial charge in [0.1, 0.15) is 5.56 Å². The Balaban J connectivity index is 2.67. The van der Waals surface area contributed by atoms with E-state index in [2.05, 4.69) is 20.9 Å². The third kappa shape index (κ3) is 2.15. The smallest absolute Gasteiger partial charge is 0.343 e. The Morgan fingerprint density at radius 1 is 1.50 bits per heavy atom. The molecule has 18 heavy (non-hydrogen) atoms. The van der Waals surface area contributed by atoms with Crippen LogP contribution >= 0.6 is 15.9 Å². The van der Waals surface area contributed by atoms with Gasteiger partial charge >= 0.3 is 5.97 Å².